The Balaban J connectivity index is 1.75. The molecule has 0 spiro atoms. The van der Waals surface area contributed by atoms with Crippen LogP contribution in [0, 0.1) is 0 Å². The van der Waals surface area contributed by atoms with Gasteiger partial charge in [-0.05, 0) is 30.6 Å². The zero-order chi connectivity index (χ0) is 11.3. The SMILES string of the molecule is C[Si]1(OCCc2ccccc2)CCCCC1. The lowest BCUT2D eigenvalue weighted by molar-refractivity contribution is 0.299. The van der Waals surface area contributed by atoms with Gasteiger partial charge in [0.2, 0.25) is 0 Å². The van der Waals surface area contributed by atoms with Crippen molar-refractivity contribution in [3.63, 3.8) is 0 Å². The van der Waals surface area contributed by atoms with Crippen LogP contribution in [0.25, 0.3) is 0 Å². The molecule has 0 unspecified atom stereocenters. The lowest BCUT2D eigenvalue weighted by atomic mass is 10.2. The van der Waals surface area contributed by atoms with Gasteiger partial charge in [-0.3, -0.25) is 0 Å². The molecule has 0 N–H and O–H groups in total. The van der Waals surface area contributed by atoms with Crippen LogP contribution in [-0.4, -0.2) is 14.9 Å². The smallest absolute Gasteiger partial charge is 0.189 e. The van der Waals surface area contributed by atoms with Gasteiger partial charge >= 0.3 is 0 Å². The van der Waals surface area contributed by atoms with Crippen molar-refractivity contribution in [3.05, 3.63) is 35.9 Å². The van der Waals surface area contributed by atoms with Gasteiger partial charge in [-0.15, -0.1) is 0 Å². The minimum absolute atomic E-state index is 0.923. The van der Waals surface area contributed by atoms with Crippen LogP contribution in [-0.2, 0) is 10.8 Å². The Bertz CT molecular complexity index is 304. The van der Waals surface area contributed by atoms with Crippen molar-refractivity contribution in [1.29, 1.82) is 0 Å². The molecule has 0 aliphatic carbocycles. The van der Waals surface area contributed by atoms with Gasteiger partial charge in [-0.1, -0.05) is 49.6 Å². The molecule has 1 aliphatic rings. The molecule has 16 heavy (non-hydrogen) atoms. The number of rotatable bonds is 4. The molecular weight excluding hydrogens is 212 g/mol. The zero-order valence-corrected chi connectivity index (χ0v) is 11.2. The van der Waals surface area contributed by atoms with Crippen molar-refractivity contribution in [2.75, 3.05) is 6.61 Å². The Morgan fingerprint density at radius 2 is 1.75 bits per heavy atom. The summed E-state index contributed by atoms with van der Waals surface area (Å²) in [5.74, 6) is 0. The van der Waals surface area contributed by atoms with Crippen LogP contribution in [0.1, 0.15) is 24.8 Å². The minimum atomic E-state index is -1.29. The largest absolute Gasteiger partial charge is 0.417 e. The standard InChI is InChI=1S/C14H22OSi/c1-16(12-6-3-7-13-16)15-11-10-14-8-4-2-5-9-14/h2,4-5,8-9H,3,6-7,10-13H2,1H3. The predicted molar refractivity (Wildman–Crippen MR) is 71.2 cm³/mol. The quantitative estimate of drug-likeness (QED) is 0.715. The molecule has 0 amide bonds. The molecule has 2 rings (SSSR count). The molecule has 0 aromatic heterocycles. The highest BCUT2D eigenvalue weighted by Crippen LogP contribution is 2.29. The zero-order valence-electron chi connectivity index (χ0n) is 10.2. The maximum Gasteiger partial charge on any atom is 0.189 e. The fraction of sp³-hybridized carbons (Fsp3) is 0.571. The van der Waals surface area contributed by atoms with Gasteiger partial charge < -0.3 is 4.43 Å². The second kappa shape index (κ2) is 5.64. The number of benzene rings is 1. The molecule has 2 heteroatoms. The van der Waals surface area contributed by atoms with Gasteiger partial charge in [0, 0.05) is 6.61 Å². The second-order valence-corrected chi connectivity index (χ2v) is 9.28. The Labute approximate surface area is 100.0 Å². The van der Waals surface area contributed by atoms with E-state index in [2.05, 4.69) is 36.9 Å². The summed E-state index contributed by atoms with van der Waals surface area (Å²) in [5.41, 5.74) is 1.40. The molecule has 0 atom stereocenters. The fourth-order valence-electron chi connectivity index (χ4n) is 2.50. The topological polar surface area (TPSA) is 9.23 Å². The molecule has 1 saturated heterocycles. The first kappa shape index (κ1) is 11.9. The lowest BCUT2D eigenvalue weighted by Gasteiger charge is -2.31. The summed E-state index contributed by atoms with van der Waals surface area (Å²) in [5, 5.41) is 0. The van der Waals surface area contributed by atoms with Crippen LogP contribution in [0.3, 0.4) is 0 Å². The average molecular weight is 234 g/mol. The van der Waals surface area contributed by atoms with E-state index in [1.807, 2.05) is 0 Å². The van der Waals surface area contributed by atoms with Gasteiger partial charge in [0.1, 0.15) is 0 Å². The first-order chi connectivity index (χ1) is 7.79. The molecule has 0 saturated carbocycles. The van der Waals surface area contributed by atoms with Crippen molar-refractivity contribution in [2.45, 2.75) is 44.3 Å². The van der Waals surface area contributed by atoms with E-state index >= 15 is 0 Å². The molecule has 1 heterocycles. The summed E-state index contributed by atoms with van der Waals surface area (Å²) in [6.45, 7) is 3.34. The third kappa shape index (κ3) is 3.46. The molecule has 0 radical (unpaired) electrons. The van der Waals surface area contributed by atoms with Crippen LogP contribution in [0.15, 0.2) is 30.3 Å². The van der Waals surface area contributed by atoms with E-state index in [0.29, 0.717) is 0 Å². The monoisotopic (exact) mass is 234 g/mol. The number of hydrogen-bond acceptors (Lipinski definition) is 1. The Morgan fingerprint density at radius 3 is 2.44 bits per heavy atom. The van der Waals surface area contributed by atoms with E-state index in [9.17, 15) is 0 Å². The summed E-state index contributed by atoms with van der Waals surface area (Å²) in [6.07, 6.45) is 5.29. The number of hydrogen-bond donors (Lipinski definition) is 0. The van der Waals surface area contributed by atoms with Crippen LogP contribution in [0.2, 0.25) is 18.6 Å². The van der Waals surface area contributed by atoms with Crippen molar-refractivity contribution in [2.24, 2.45) is 0 Å². The Morgan fingerprint density at radius 1 is 1.06 bits per heavy atom. The highest BCUT2D eigenvalue weighted by molar-refractivity contribution is 6.72. The van der Waals surface area contributed by atoms with Crippen LogP contribution in [0.4, 0.5) is 0 Å². The van der Waals surface area contributed by atoms with Crippen LogP contribution in [0.5, 0.6) is 0 Å². The third-order valence-electron chi connectivity index (χ3n) is 3.60. The highest BCUT2D eigenvalue weighted by Gasteiger charge is 2.30. The predicted octanol–water partition coefficient (Wildman–Crippen LogP) is 4.00. The van der Waals surface area contributed by atoms with Gasteiger partial charge in [-0.2, -0.15) is 0 Å². The van der Waals surface area contributed by atoms with Crippen molar-refractivity contribution < 1.29 is 4.43 Å². The van der Waals surface area contributed by atoms with E-state index in [-0.39, 0.29) is 0 Å². The fourth-order valence-corrected chi connectivity index (χ4v) is 5.63. The van der Waals surface area contributed by atoms with Gasteiger partial charge in [0.25, 0.3) is 0 Å². The van der Waals surface area contributed by atoms with Gasteiger partial charge in [0.05, 0.1) is 0 Å². The summed E-state index contributed by atoms with van der Waals surface area (Å²) in [6, 6.07) is 13.4. The average Bonchev–Trinajstić information content (AvgIpc) is 2.31. The maximum absolute atomic E-state index is 6.21. The molecule has 1 fully saturated rings. The Hall–Kier alpha value is -0.603. The van der Waals surface area contributed by atoms with Gasteiger partial charge in [-0.25, -0.2) is 0 Å². The van der Waals surface area contributed by atoms with Crippen molar-refractivity contribution in [3.8, 4) is 0 Å². The summed E-state index contributed by atoms with van der Waals surface area (Å²) in [7, 11) is -1.29. The minimum Gasteiger partial charge on any atom is -0.417 e. The van der Waals surface area contributed by atoms with E-state index in [4.69, 9.17) is 4.43 Å². The van der Waals surface area contributed by atoms with Crippen molar-refractivity contribution in [1.82, 2.24) is 0 Å². The molecular formula is C14H22OSi. The van der Waals surface area contributed by atoms with E-state index in [1.54, 1.807) is 0 Å². The van der Waals surface area contributed by atoms with E-state index in [1.165, 1.54) is 36.9 Å². The summed E-state index contributed by atoms with van der Waals surface area (Å²) >= 11 is 0. The normalized spacial score (nSPS) is 19.6. The molecule has 1 aromatic rings. The van der Waals surface area contributed by atoms with Crippen LogP contribution < -0.4 is 0 Å². The maximum atomic E-state index is 6.21. The summed E-state index contributed by atoms with van der Waals surface area (Å²) < 4.78 is 6.21. The van der Waals surface area contributed by atoms with E-state index < -0.39 is 8.32 Å². The lowest BCUT2D eigenvalue weighted by Crippen LogP contribution is -2.37. The molecule has 1 aromatic carbocycles. The Kier molecular flexibility index (Phi) is 4.19. The van der Waals surface area contributed by atoms with E-state index in [0.717, 1.165) is 13.0 Å². The summed E-state index contributed by atoms with van der Waals surface area (Å²) in [4.78, 5) is 0. The highest BCUT2D eigenvalue weighted by atomic mass is 28.4. The van der Waals surface area contributed by atoms with Crippen LogP contribution >= 0.6 is 0 Å². The first-order valence-corrected chi connectivity index (χ1v) is 9.29. The second-order valence-electron chi connectivity index (χ2n) is 5.09. The molecule has 1 nitrogen and oxygen atoms in total. The molecule has 1 aliphatic heterocycles. The van der Waals surface area contributed by atoms with Crippen molar-refractivity contribution >= 4 is 8.32 Å². The first-order valence-electron chi connectivity index (χ1n) is 6.46. The molecule has 88 valence electrons. The third-order valence-corrected chi connectivity index (χ3v) is 7.32. The molecule has 0 bridgehead atoms. The van der Waals surface area contributed by atoms with Gasteiger partial charge in [0.15, 0.2) is 8.32 Å².